The Labute approximate surface area is 115 Å². The van der Waals surface area contributed by atoms with Gasteiger partial charge in [0.25, 0.3) is 5.91 Å². The van der Waals surface area contributed by atoms with E-state index in [-0.39, 0.29) is 6.54 Å². The average Bonchev–Trinajstić information content (AvgIpc) is 2.63. The van der Waals surface area contributed by atoms with Crippen molar-refractivity contribution in [2.24, 2.45) is 0 Å². The van der Waals surface area contributed by atoms with Crippen molar-refractivity contribution >= 4 is 11.9 Å². The molecule has 0 aliphatic carbocycles. The summed E-state index contributed by atoms with van der Waals surface area (Å²) in [7, 11) is 0. The number of likely N-dealkylation sites (tertiary alicyclic amines) is 1. The van der Waals surface area contributed by atoms with Gasteiger partial charge in [0, 0.05) is 6.54 Å². The second kappa shape index (κ2) is 5.98. The molecule has 0 saturated carbocycles. The van der Waals surface area contributed by atoms with E-state index in [1.807, 2.05) is 0 Å². The predicted octanol–water partition coefficient (Wildman–Crippen LogP) is 2.43. The second-order valence-corrected chi connectivity index (χ2v) is 4.80. The van der Waals surface area contributed by atoms with Crippen molar-refractivity contribution in [3.05, 3.63) is 35.4 Å². The molecule has 108 valence electrons. The minimum atomic E-state index is -1.14. The van der Waals surface area contributed by atoms with Crippen LogP contribution in [0.25, 0.3) is 0 Å². The van der Waals surface area contributed by atoms with Gasteiger partial charge in [-0.15, -0.1) is 0 Å². The van der Waals surface area contributed by atoms with Crippen LogP contribution in [0.5, 0.6) is 0 Å². The third-order valence-corrected chi connectivity index (χ3v) is 3.48. The number of rotatable bonds is 2. The summed E-state index contributed by atoms with van der Waals surface area (Å²) in [5, 5.41) is 9.19. The number of amides is 1. The Bertz CT molecular complexity index is 513. The Morgan fingerprint density at radius 2 is 1.80 bits per heavy atom. The molecular weight excluding hydrogens is 268 g/mol. The molecule has 1 aromatic rings. The van der Waals surface area contributed by atoms with Crippen LogP contribution in [-0.2, 0) is 4.79 Å². The van der Waals surface area contributed by atoms with E-state index < -0.39 is 35.1 Å². The first-order valence-corrected chi connectivity index (χ1v) is 6.50. The lowest BCUT2D eigenvalue weighted by Gasteiger charge is -2.27. The van der Waals surface area contributed by atoms with E-state index in [4.69, 9.17) is 0 Å². The molecule has 1 aromatic carbocycles. The van der Waals surface area contributed by atoms with Crippen molar-refractivity contribution < 1.29 is 23.5 Å². The molecule has 0 spiro atoms. The predicted molar refractivity (Wildman–Crippen MR) is 67.3 cm³/mol. The summed E-state index contributed by atoms with van der Waals surface area (Å²) in [5.41, 5.74) is -0.680. The number of hydrogen-bond acceptors (Lipinski definition) is 2. The summed E-state index contributed by atoms with van der Waals surface area (Å²) < 4.78 is 27.3. The Morgan fingerprint density at radius 1 is 1.15 bits per heavy atom. The van der Waals surface area contributed by atoms with E-state index in [1.165, 1.54) is 6.07 Å². The Kier molecular flexibility index (Phi) is 4.32. The lowest BCUT2D eigenvalue weighted by molar-refractivity contribution is -0.142. The van der Waals surface area contributed by atoms with Crippen molar-refractivity contribution in [2.45, 2.75) is 31.7 Å². The number of aliphatic carboxylic acids is 1. The lowest BCUT2D eigenvalue weighted by atomic mass is 10.1. The molecule has 20 heavy (non-hydrogen) atoms. The van der Waals surface area contributed by atoms with E-state index in [0.717, 1.165) is 23.5 Å². The highest BCUT2D eigenvalue weighted by atomic mass is 19.1. The Morgan fingerprint density at radius 3 is 2.40 bits per heavy atom. The maximum Gasteiger partial charge on any atom is 0.326 e. The number of carboxylic acids is 1. The topological polar surface area (TPSA) is 57.6 Å². The molecule has 1 saturated heterocycles. The molecule has 1 aliphatic heterocycles. The highest BCUT2D eigenvalue weighted by Crippen LogP contribution is 2.22. The van der Waals surface area contributed by atoms with Crippen LogP contribution in [0.15, 0.2) is 18.2 Å². The van der Waals surface area contributed by atoms with Crippen LogP contribution in [0, 0.1) is 11.6 Å². The van der Waals surface area contributed by atoms with Crippen LogP contribution < -0.4 is 0 Å². The van der Waals surface area contributed by atoms with E-state index in [0.29, 0.717) is 19.3 Å². The van der Waals surface area contributed by atoms with E-state index in [2.05, 4.69) is 0 Å². The molecule has 1 N–H and O–H groups in total. The van der Waals surface area contributed by atoms with Gasteiger partial charge in [-0.05, 0) is 25.0 Å². The maximum absolute atomic E-state index is 13.7. The number of benzene rings is 1. The fraction of sp³-hybridized carbons (Fsp3) is 0.429. The Hall–Kier alpha value is -1.98. The number of hydrogen-bond donors (Lipinski definition) is 1. The van der Waals surface area contributed by atoms with E-state index in [9.17, 15) is 23.5 Å². The zero-order chi connectivity index (χ0) is 14.7. The summed E-state index contributed by atoms with van der Waals surface area (Å²) >= 11 is 0. The molecule has 2 rings (SSSR count). The van der Waals surface area contributed by atoms with E-state index >= 15 is 0 Å². The quantitative estimate of drug-likeness (QED) is 0.907. The summed E-state index contributed by atoms with van der Waals surface area (Å²) in [5.74, 6) is -3.97. The molecule has 1 aliphatic rings. The third-order valence-electron chi connectivity index (χ3n) is 3.48. The van der Waals surface area contributed by atoms with Gasteiger partial charge < -0.3 is 10.0 Å². The molecule has 4 nitrogen and oxygen atoms in total. The normalized spacial score (nSPS) is 19.5. The first kappa shape index (κ1) is 14.4. The van der Waals surface area contributed by atoms with Crippen LogP contribution in [0.4, 0.5) is 8.78 Å². The molecular formula is C14H15F2NO3. The van der Waals surface area contributed by atoms with Crippen molar-refractivity contribution in [3.63, 3.8) is 0 Å². The third kappa shape index (κ3) is 2.79. The standard InChI is InChI=1S/C14H15F2NO3/c15-9-5-4-6-10(16)12(9)13(18)17-8-3-1-2-7-11(17)14(19)20/h4-6,11H,1-3,7-8H2,(H,19,20). The molecule has 0 aromatic heterocycles. The number of carbonyl (C=O) groups excluding carboxylic acids is 1. The smallest absolute Gasteiger partial charge is 0.326 e. The van der Waals surface area contributed by atoms with Gasteiger partial charge in [0.1, 0.15) is 23.2 Å². The highest BCUT2D eigenvalue weighted by Gasteiger charge is 2.33. The fourth-order valence-corrected chi connectivity index (χ4v) is 2.45. The largest absolute Gasteiger partial charge is 0.480 e. The zero-order valence-electron chi connectivity index (χ0n) is 10.8. The SMILES string of the molecule is O=C(O)C1CCCCCN1C(=O)c1c(F)cccc1F. The van der Waals surface area contributed by atoms with Gasteiger partial charge in [0.2, 0.25) is 0 Å². The van der Waals surface area contributed by atoms with Crippen molar-refractivity contribution in [2.75, 3.05) is 6.54 Å². The molecule has 0 bridgehead atoms. The number of carbonyl (C=O) groups is 2. The molecule has 1 amide bonds. The van der Waals surface area contributed by atoms with Crippen molar-refractivity contribution in [1.29, 1.82) is 0 Å². The minimum Gasteiger partial charge on any atom is -0.480 e. The van der Waals surface area contributed by atoms with Gasteiger partial charge in [0.15, 0.2) is 0 Å². The van der Waals surface area contributed by atoms with Crippen LogP contribution in [0.3, 0.4) is 0 Å². The zero-order valence-corrected chi connectivity index (χ0v) is 10.8. The molecule has 1 atom stereocenters. The van der Waals surface area contributed by atoms with Gasteiger partial charge >= 0.3 is 5.97 Å². The van der Waals surface area contributed by atoms with Crippen molar-refractivity contribution in [1.82, 2.24) is 4.90 Å². The molecule has 1 fully saturated rings. The molecule has 1 unspecified atom stereocenters. The van der Waals surface area contributed by atoms with Gasteiger partial charge in [0.05, 0.1) is 0 Å². The number of nitrogens with zero attached hydrogens (tertiary/aromatic N) is 1. The monoisotopic (exact) mass is 283 g/mol. The summed E-state index contributed by atoms with van der Waals surface area (Å²) in [4.78, 5) is 24.6. The minimum absolute atomic E-state index is 0.198. The van der Waals surface area contributed by atoms with Crippen LogP contribution in [-0.4, -0.2) is 34.5 Å². The summed E-state index contributed by atoms with van der Waals surface area (Å²) in [6.45, 7) is 0.198. The van der Waals surface area contributed by atoms with Crippen molar-refractivity contribution in [3.8, 4) is 0 Å². The highest BCUT2D eigenvalue weighted by molar-refractivity contribution is 5.97. The number of carboxylic acid groups (broad SMARTS) is 1. The second-order valence-electron chi connectivity index (χ2n) is 4.80. The summed E-state index contributed by atoms with van der Waals surface area (Å²) in [6, 6.07) is 2.12. The first-order valence-electron chi connectivity index (χ1n) is 6.50. The fourth-order valence-electron chi connectivity index (χ4n) is 2.45. The summed E-state index contributed by atoms with van der Waals surface area (Å²) in [6.07, 6.45) is 2.41. The average molecular weight is 283 g/mol. The number of halogens is 2. The van der Waals surface area contributed by atoms with Gasteiger partial charge in [-0.3, -0.25) is 4.79 Å². The Balaban J connectivity index is 2.36. The first-order chi connectivity index (χ1) is 9.52. The molecule has 1 heterocycles. The van der Waals surface area contributed by atoms with Crippen LogP contribution in [0.1, 0.15) is 36.0 Å². The van der Waals surface area contributed by atoms with E-state index in [1.54, 1.807) is 0 Å². The maximum atomic E-state index is 13.7. The van der Waals surface area contributed by atoms with Gasteiger partial charge in [-0.2, -0.15) is 0 Å². The molecule has 0 radical (unpaired) electrons. The van der Waals surface area contributed by atoms with Crippen LogP contribution >= 0.6 is 0 Å². The van der Waals surface area contributed by atoms with Gasteiger partial charge in [-0.1, -0.05) is 18.9 Å². The van der Waals surface area contributed by atoms with Gasteiger partial charge in [-0.25, -0.2) is 13.6 Å². The lowest BCUT2D eigenvalue weighted by Crippen LogP contribution is -2.45. The molecule has 6 heteroatoms. The van der Waals surface area contributed by atoms with Crippen LogP contribution in [0.2, 0.25) is 0 Å².